The van der Waals surface area contributed by atoms with Gasteiger partial charge in [0, 0.05) is 25.2 Å². The van der Waals surface area contributed by atoms with Crippen molar-refractivity contribution >= 4 is 5.84 Å². The third-order valence-corrected chi connectivity index (χ3v) is 2.21. The van der Waals surface area contributed by atoms with E-state index in [4.69, 9.17) is 10.9 Å². The molecular weight excluding hydrogens is 206 g/mol. The van der Waals surface area contributed by atoms with Crippen molar-refractivity contribution < 1.29 is 5.21 Å². The minimum Gasteiger partial charge on any atom is -0.409 e. The topological polar surface area (TPSA) is 96.4 Å². The van der Waals surface area contributed by atoms with Gasteiger partial charge in [-0.2, -0.15) is 0 Å². The minimum atomic E-state index is -0.00654. The SMILES string of the molecule is Cc1nccc(CNCC(C)C(N)=NO)n1. The van der Waals surface area contributed by atoms with E-state index in [1.165, 1.54) is 0 Å². The summed E-state index contributed by atoms with van der Waals surface area (Å²) in [6.45, 7) is 5.02. The van der Waals surface area contributed by atoms with Crippen LogP contribution in [0.25, 0.3) is 0 Å². The Hall–Kier alpha value is -1.69. The fourth-order valence-electron chi connectivity index (χ4n) is 1.22. The van der Waals surface area contributed by atoms with Crippen LogP contribution in [0, 0.1) is 12.8 Å². The molecule has 0 aliphatic carbocycles. The number of nitrogens with two attached hydrogens (primary N) is 1. The lowest BCUT2D eigenvalue weighted by atomic mass is 10.1. The molecule has 1 heterocycles. The Labute approximate surface area is 94.6 Å². The first kappa shape index (κ1) is 12.4. The molecule has 6 nitrogen and oxygen atoms in total. The summed E-state index contributed by atoms with van der Waals surface area (Å²) in [5.41, 5.74) is 6.38. The van der Waals surface area contributed by atoms with Gasteiger partial charge >= 0.3 is 0 Å². The first-order valence-electron chi connectivity index (χ1n) is 5.10. The summed E-state index contributed by atoms with van der Waals surface area (Å²) in [4.78, 5) is 8.26. The predicted molar refractivity (Wildman–Crippen MR) is 61.0 cm³/mol. The molecule has 0 aliphatic rings. The van der Waals surface area contributed by atoms with E-state index in [0.29, 0.717) is 13.1 Å². The number of aromatic nitrogens is 2. The summed E-state index contributed by atoms with van der Waals surface area (Å²) in [7, 11) is 0. The zero-order valence-electron chi connectivity index (χ0n) is 9.51. The molecular formula is C10H17N5O. The lowest BCUT2D eigenvalue weighted by molar-refractivity contribution is 0.314. The van der Waals surface area contributed by atoms with Crippen LogP contribution in [-0.4, -0.2) is 27.6 Å². The summed E-state index contributed by atoms with van der Waals surface area (Å²) in [6, 6.07) is 1.86. The first-order chi connectivity index (χ1) is 7.63. The van der Waals surface area contributed by atoms with Gasteiger partial charge in [0.05, 0.1) is 5.69 Å². The first-order valence-corrected chi connectivity index (χ1v) is 5.10. The molecule has 0 aliphatic heterocycles. The molecule has 16 heavy (non-hydrogen) atoms. The van der Waals surface area contributed by atoms with Gasteiger partial charge in [0.1, 0.15) is 11.7 Å². The molecule has 0 amide bonds. The number of nitrogens with zero attached hydrogens (tertiary/aromatic N) is 3. The second kappa shape index (κ2) is 6.02. The van der Waals surface area contributed by atoms with E-state index < -0.39 is 0 Å². The summed E-state index contributed by atoms with van der Waals surface area (Å²) in [5.74, 6) is 0.975. The van der Waals surface area contributed by atoms with Gasteiger partial charge in [0.25, 0.3) is 0 Å². The molecule has 88 valence electrons. The van der Waals surface area contributed by atoms with E-state index in [0.717, 1.165) is 11.5 Å². The molecule has 1 aromatic rings. The second-order valence-corrected chi connectivity index (χ2v) is 3.65. The van der Waals surface area contributed by atoms with Gasteiger partial charge in [-0.15, -0.1) is 0 Å². The molecule has 1 unspecified atom stereocenters. The maximum atomic E-state index is 8.47. The van der Waals surface area contributed by atoms with Crippen molar-refractivity contribution in [1.82, 2.24) is 15.3 Å². The van der Waals surface area contributed by atoms with E-state index in [9.17, 15) is 0 Å². The molecule has 0 saturated heterocycles. The Kier molecular flexibility index (Phi) is 4.65. The van der Waals surface area contributed by atoms with E-state index in [1.807, 2.05) is 19.9 Å². The van der Waals surface area contributed by atoms with Gasteiger partial charge in [-0.3, -0.25) is 0 Å². The fraction of sp³-hybridized carbons (Fsp3) is 0.500. The van der Waals surface area contributed by atoms with Crippen molar-refractivity contribution in [3.05, 3.63) is 23.8 Å². The van der Waals surface area contributed by atoms with Crippen molar-refractivity contribution in [2.24, 2.45) is 16.8 Å². The monoisotopic (exact) mass is 223 g/mol. The van der Waals surface area contributed by atoms with Crippen molar-refractivity contribution in [2.75, 3.05) is 6.54 Å². The summed E-state index contributed by atoms with van der Waals surface area (Å²) in [6.07, 6.45) is 1.73. The van der Waals surface area contributed by atoms with Crippen LogP contribution in [0.1, 0.15) is 18.4 Å². The van der Waals surface area contributed by atoms with Crippen molar-refractivity contribution in [3.8, 4) is 0 Å². The highest BCUT2D eigenvalue weighted by atomic mass is 16.4. The maximum Gasteiger partial charge on any atom is 0.143 e. The summed E-state index contributed by atoms with van der Waals surface area (Å²) < 4.78 is 0. The smallest absolute Gasteiger partial charge is 0.143 e. The highest BCUT2D eigenvalue weighted by Crippen LogP contribution is 1.96. The number of hydrogen-bond acceptors (Lipinski definition) is 5. The Morgan fingerprint density at radius 2 is 2.44 bits per heavy atom. The predicted octanol–water partition coefficient (Wildman–Crippen LogP) is 0.257. The average Bonchev–Trinajstić information content (AvgIpc) is 2.28. The Morgan fingerprint density at radius 3 is 3.06 bits per heavy atom. The lowest BCUT2D eigenvalue weighted by Crippen LogP contribution is -2.31. The third kappa shape index (κ3) is 3.82. The fourth-order valence-corrected chi connectivity index (χ4v) is 1.22. The van der Waals surface area contributed by atoms with Crippen LogP contribution in [0.4, 0.5) is 0 Å². The number of hydrogen-bond donors (Lipinski definition) is 3. The quantitative estimate of drug-likeness (QED) is 0.288. The van der Waals surface area contributed by atoms with Crippen LogP contribution in [0.3, 0.4) is 0 Å². The zero-order valence-corrected chi connectivity index (χ0v) is 9.51. The summed E-state index contributed by atoms with van der Waals surface area (Å²) >= 11 is 0. The van der Waals surface area contributed by atoms with E-state index >= 15 is 0 Å². The largest absolute Gasteiger partial charge is 0.409 e. The molecule has 0 fully saturated rings. The van der Waals surface area contributed by atoms with Crippen LogP contribution in [0.2, 0.25) is 0 Å². The van der Waals surface area contributed by atoms with Gasteiger partial charge in [0.2, 0.25) is 0 Å². The molecule has 1 aromatic heterocycles. The van der Waals surface area contributed by atoms with Crippen LogP contribution >= 0.6 is 0 Å². The molecule has 1 rings (SSSR count). The van der Waals surface area contributed by atoms with Crippen LogP contribution in [0.5, 0.6) is 0 Å². The zero-order chi connectivity index (χ0) is 12.0. The summed E-state index contributed by atoms with van der Waals surface area (Å²) in [5, 5.41) is 14.6. The Morgan fingerprint density at radius 1 is 1.69 bits per heavy atom. The average molecular weight is 223 g/mol. The second-order valence-electron chi connectivity index (χ2n) is 3.65. The van der Waals surface area contributed by atoms with Gasteiger partial charge in [-0.05, 0) is 13.0 Å². The van der Waals surface area contributed by atoms with Gasteiger partial charge in [-0.1, -0.05) is 12.1 Å². The highest BCUT2D eigenvalue weighted by molar-refractivity contribution is 5.82. The van der Waals surface area contributed by atoms with E-state index in [-0.39, 0.29) is 11.8 Å². The number of nitrogens with one attached hydrogen (secondary N) is 1. The molecule has 0 radical (unpaired) electrons. The Bertz CT molecular complexity index is 366. The van der Waals surface area contributed by atoms with Crippen molar-refractivity contribution in [1.29, 1.82) is 0 Å². The number of oxime groups is 1. The van der Waals surface area contributed by atoms with Crippen LogP contribution in [0.15, 0.2) is 17.4 Å². The van der Waals surface area contributed by atoms with E-state index in [1.54, 1.807) is 6.20 Å². The van der Waals surface area contributed by atoms with Gasteiger partial charge in [0.15, 0.2) is 0 Å². The highest BCUT2D eigenvalue weighted by Gasteiger charge is 2.06. The van der Waals surface area contributed by atoms with Crippen LogP contribution < -0.4 is 11.1 Å². The molecule has 0 aromatic carbocycles. The molecule has 0 spiro atoms. The van der Waals surface area contributed by atoms with E-state index in [2.05, 4.69) is 20.4 Å². The number of aryl methyl sites for hydroxylation is 1. The normalized spacial score (nSPS) is 13.8. The van der Waals surface area contributed by atoms with Gasteiger partial charge < -0.3 is 16.3 Å². The van der Waals surface area contributed by atoms with Crippen molar-refractivity contribution in [2.45, 2.75) is 20.4 Å². The molecule has 0 saturated carbocycles. The Balaban J connectivity index is 2.36. The minimum absolute atomic E-state index is 0.00654. The molecule has 6 heteroatoms. The van der Waals surface area contributed by atoms with Crippen molar-refractivity contribution in [3.63, 3.8) is 0 Å². The molecule has 0 bridgehead atoms. The third-order valence-electron chi connectivity index (χ3n) is 2.21. The number of rotatable bonds is 5. The number of amidine groups is 1. The van der Waals surface area contributed by atoms with Crippen LogP contribution in [-0.2, 0) is 6.54 Å². The maximum absolute atomic E-state index is 8.47. The lowest BCUT2D eigenvalue weighted by Gasteiger charge is -2.10. The molecule has 4 N–H and O–H groups in total. The van der Waals surface area contributed by atoms with Gasteiger partial charge in [-0.25, -0.2) is 9.97 Å². The standard InChI is InChI=1S/C10H17N5O/c1-7(10(11)15-16)5-12-6-9-3-4-13-8(2)14-9/h3-4,7,12,16H,5-6H2,1-2H3,(H2,11,15). The molecule has 1 atom stereocenters.